The summed E-state index contributed by atoms with van der Waals surface area (Å²) in [5.41, 5.74) is 4.39. The van der Waals surface area contributed by atoms with Gasteiger partial charge in [0.2, 0.25) is 0 Å². The van der Waals surface area contributed by atoms with Gasteiger partial charge >= 0.3 is 6.18 Å². The molecule has 0 aliphatic rings. The van der Waals surface area contributed by atoms with Crippen LogP contribution in [0, 0.1) is 0 Å². The average Bonchev–Trinajstić information content (AvgIpc) is 2.36. The van der Waals surface area contributed by atoms with Crippen molar-refractivity contribution in [1.82, 2.24) is 0 Å². The summed E-state index contributed by atoms with van der Waals surface area (Å²) in [6.07, 6.45) is -7.35. The molecule has 4 N–H and O–H groups in total. The molecule has 0 fully saturated rings. The van der Waals surface area contributed by atoms with Gasteiger partial charge in [0.15, 0.2) is 5.12 Å². The van der Waals surface area contributed by atoms with Crippen LogP contribution in [0.1, 0.15) is 30.6 Å². The minimum absolute atomic E-state index is 0.0335. The quantitative estimate of drug-likeness (QED) is 0.725. The zero-order chi connectivity index (χ0) is 16.2. The number of aliphatic hydroxyl groups excluding tert-OH is 2. The van der Waals surface area contributed by atoms with Crippen molar-refractivity contribution < 1.29 is 28.2 Å². The Morgan fingerprint density at radius 1 is 1.38 bits per heavy atom. The zero-order valence-corrected chi connectivity index (χ0v) is 12.0. The van der Waals surface area contributed by atoms with Gasteiger partial charge in [-0.25, -0.2) is 0 Å². The topological polar surface area (TPSA) is 83.5 Å². The fourth-order valence-electron chi connectivity index (χ4n) is 1.70. The summed E-state index contributed by atoms with van der Waals surface area (Å²) in [6, 6.07) is 2.57. The lowest BCUT2D eigenvalue weighted by Crippen LogP contribution is -2.21. The van der Waals surface area contributed by atoms with Crippen LogP contribution in [0.2, 0.25) is 0 Å². The van der Waals surface area contributed by atoms with E-state index in [1.807, 2.05) is 0 Å². The molecule has 21 heavy (non-hydrogen) atoms. The highest BCUT2D eigenvalue weighted by Crippen LogP contribution is 2.34. The Bertz CT molecular complexity index is 508. The number of anilines is 1. The lowest BCUT2D eigenvalue weighted by molar-refractivity contribution is -0.137. The molecule has 0 amide bonds. The van der Waals surface area contributed by atoms with Crippen LogP contribution in [0.4, 0.5) is 18.9 Å². The number of halogens is 3. The highest BCUT2D eigenvalue weighted by Gasteiger charge is 2.32. The summed E-state index contributed by atoms with van der Waals surface area (Å²) in [6.45, 7) is 1.36. The minimum atomic E-state index is -4.56. The number of hydrogen-bond acceptors (Lipinski definition) is 5. The number of carbonyl (C=O) groups excluding carboxylic acids is 1. The SMILES string of the molecule is CC(=O)SCCC(O)C(O)c1cc(C(F)(F)F)ccc1N. The molecule has 4 nitrogen and oxygen atoms in total. The van der Waals surface area contributed by atoms with Crippen LogP contribution in [-0.2, 0) is 11.0 Å². The van der Waals surface area contributed by atoms with Gasteiger partial charge in [-0.1, -0.05) is 11.8 Å². The molecule has 1 aromatic carbocycles. The minimum Gasteiger partial charge on any atom is -0.398 e. The number of hydrogen-bond donors (Lipinski definition) is 3. The van der Waals surface area contributed by atoms with Crippen molar-refractivity contribution in [1.29, 1.82) is 0 Å². The first-order valence-corrected chi connectivity index (χ1v) is 7.07. The second-order valence-corrected chi connectivity index (χ2v) is 5.75. The standard InChI is InChI=1S/C13H16F3NO3S/c1-7(18)21-5-4-11(19)12(20)9-6-8(13(14,15)16)2-3-10(9)17/h2-3,6,11-12,19-20H,4-5,17H2,1H3. The van der Waals surface area contributed by atoms with Crippen molar-refractivity contribution in [3.05, 3.63) is 29.3 Å². The van der Waals surface area contributed by atoms with Gasteiger partial charge in [-0.2, -0.15) is 13.2 Å². The predicted molar refractivity (Wildman–Crippen MR) is 74.6 cm³/mol. The average molecular weight is 323 g/mol. The molecule has 8 heteroatoms. The monoisotopic (exact) mass is 323 g/mol. The summed E-state index contributed by atoms with van der Waals surface area (Å²) in [5.74, 6) is 0.256. The number of benzene rings is 1. The summed E-state index contributed by atoms with van der Waals surface area (Å²) in [7, 11) is 0. The van der Waals surface area contributed by atoms with Gasteiger partial charge in [-0.05, 0) is 24.6 Å². The largest absolute Gasteiger partial charge is 0.416 e. The highest BCUT2D eigenvalue weighted by atomic mass is 32.2. The zero-order valence-electron chi connectivity index (χ0n) is 11.2. The van der Waals surface area contributed by atoms with Crippen molar-refractivity contribution in [3.8, 4) is 0 Å². The second kappa shape index (κ2) is 7.15. The second-order valence-electron chi connectivity index (χ2n) is 4.48. The van der Waals surface area contributed by atoms with Crippen LogP contribution in [0.25, 0.3) is 0 Å². The number of nitrogens with two attached hydrogens (primary N) is 1. The van der Waals surface area contributed by atoms with Crippen molar-refractivity contribution in [2.75, 3.05) is 11.5 Å². The van der Waals surface area contributed by atoms with Crippen molar-refractivity contribution in [2.24, 2.45) is 0 Å². The van der Waals surface area contributed by atoms with Crippen LogP contribution in [0.5, 0.6) is 0 Å². The maximum atomic E-state index is 12.6. The number of aliphatic hydroxyl groups is 2. The fourth-order valence-corrected chi connectivity index (χ4v) is 2.34. The van der Waals surface area contributed by atoms with E-state index in [1.165, 1.54) is 6.92 Å². The van der Waals surface area contributed by atoms with E-state index in [9.17, 15) is 28.2 Å². The Morgan fingerprint density at radius 3 is 2.52 bits per heavy atom. The fraction of sp³-hybridized carbons (Fsp3) is 0.462. The van der Waals surface area contributed by atoms with E-state index >= 15 is 0 Å². The Kier molecular flexibility index (Phi) is 6.06. The Balaban J connectivity index is 2.85. The van der Waals surface area contributed by atoms with Gasteiger partial charge in [-0.3, -0.25) is 4.79 Å². The van der Waals surface area contributed by atoms with Gasteiger partial charge in [0.05, 0.1) is 11.7 Å². The number of alkyl halides is 3. The Morgan fingerprint density at radius 2 is 2.00 bits per heavy atom. The normalized spacial score (nSPS) is 14.8. The molecule has 0 spiro atoms. The Hall–Kier alpha value is -1.25. The maximum Gasteiger partial charge on any atom is 0.416 e. The number of nitrogen functional groups attached to an aromatic ring is 1. The molecule has 2 atom stereocenters. The molecule has 0 radical (unpaired) electrons. The van der Waals surface area contributed by atoms with Gasteiger partial charge in [0, 0.05) is 23.9 Å². The van der Waals surface area contributed by atoms with Gasteiger partial charge in [-0.15, -0.1) is 0 Å². The molecule has 0 heterocycles. The van der Waals surface area contributed by atoms with Crippen LogP contribution in [0.15, 0.2) is 18.2 Å². The molecule has 0 saturated heterocycles. The third-order valence-electron chi connectivity index (χ3n) is 2.82. The van der Waals surface area contributed by atoms with E-state index in [1.54, 1.807) is 0 Å². The van der Waals surface area contributed by atoms with E-state index in [4.69, 9.17) is 5.73 Å². The van der Waals surface area contributed by atoms with Crippen molar-refractivity contribution >= 4 is 22.6 Å². The lowest BCUT2D eigenvalue weighted by Gasteiger charge is -2.20. The van der Waals surface area contributed by atoms with E-state index in [-0.39, 0.29) is 28.5 Å². The number of carbonyl (C=O) groups is 1. The molecule has 2 unspecified atom stereocenters. The summed E-state index contributed by atoms with van der Waals surface area (Å²) in [5, 5.41) is 19.6. The first kappa shape index (κ1) is 17.8. The van der Waals surface area contributed by atoms with Crippen LogP contribution in [0.3, 0.4) is 0 Å². The third kappa shape index (κ3) is 5.22. The van der Waals surface area contributed by atoms with Crippen LogP contribution in [-0.4, -0.2) is 27.2 Å². The molecule has 0 bridgehead atoms. The molecule has 0 aliphatic carbocycles. The first-order valence-electron chi connectivity index (χ1n) is 6.09. The smallest absolute Gasteiger partial charge is 0.398 e. The maximum absolute atomic E-state index is 12.6. The summed E-state index contributed by atoms with van der Waals surface area (Å²) in [4.78, 5) is 10.7. The molecule has 0 aliphatic heterocycles. The predicted octanol–water partition coefficient (Wildman–Crippen LogP) is 2.35. The van der Waals surface area contributed by atoms with Gasteiger partial charge in [0.1, 0.15) is 6.10 Å². The molecule has 0 saturated carbocycles. The molecule has 1 rings (SSSR count). The molecule has 0 aromatic heterocycles. The van der Waals surface area contributed by atoms with Crippen molar-refractivity contribution in [2.45, 2.75) is 31.7 Å². The Labute approximate surface area is 124 Å². The first-order chi connectivity index (χ1) is 9.62. The van der Waals surface area contributed by atoms with Gasteiger partial charge in [0.25, 0.3) is 0 Å². The van der Waals surface area contributed by atoms with E-state index in [2.05, 4.69) is 0 Å². The summed E-state index contributed by atoms with van der Waals surface area (Å²) < 4.78 is 37.9. The van der Waals surface area contributed by atoms with E-state index < -0.39 is 23.9 Å². The number of thioether (sulfide) groups is 1. The van der Waals surface area contributed by atoms with Crippen molar-refractivity contribution in [3.63, 3.8) is 0 Å². The van der Waals surface area contributed by atoms with Crippen LogP contribution >= 0.6 is 11.8 Å². The molecular formula is C13H16F3NO3S. The molecule has 118 valence electrons. The molecule has 1 aromatic rings. The highest BCUT2D eigenvalue weighted by molar-refractivity contribution is 8.13. The van der Waals surface area contributed by atoms with Gasteiger partial charge < -0.3 is 15.9 Å². The van der Waals surface area contributed by atoms with Crippen LogP contribution < -0.4 is 5.73 Å². The summed E-state index contributed by atoms with van der Waals surface area (Å²) >= 11 is 0.963. The van der Waals surface area contributed by atoms with E-state index in [0.29, 0.717) is 0 Å². The third-order valence-corrected chi connectivity index (χ3v) is 3.66. The molecular weight excluding hydrogens is 307 g/mol. The lowest BCUT2D eigenvalue weighted by atomic mass is 9.98. The number of rotatable bonds is 5. The van der Waals surface area contributed by atoms with E-state index in [0.717, 1.165) is 30.0 Å².